The van der Waals surface area contributed by atoms with Gasteiger partial charge in [0.15, 0.2) is 0 Å². The highest BCUT2D eigenvalue weighted by atomic mass is 32.2. The maximum atomic E-state index is 13.5. The number of benzene rings is 1. The number of rotatable bonds is 3. The van der Waals surface area contributed by atoms with Gasteiger partial charge in [-0.25, -0.2) is 12.8 Å². The van der Waals surface area contributed by atoms with E-state index in [0.717, 1.165) is 10.4 Å². The van der Waals surface area contributed by atoms with E-state index in [2.05, 4.69) is 0 Å². The summed E-state index contributed by atoms with van der Waals surface area (Å²) in [4.78, 5) is 11.4. The Hall–Kier alpha value is -1.51. The zero-order valence-corrected chi connectivity index (χ0v) is 12.6. The highest BCUT2D eigenvalue weighted by Gasteiger charge is 2.41. The van der Waals surface area contributed by atoms with Crippen LogP contribution in [0.1, 0.15) is 12.5 Å². The monoisotopic (exact) mass is 316 g/mol. The minimum Gasteiger partial charge on any atom is -0.375 e. The molecule has 8 heteroatoms. The van der Waals surface area contributed by atoms with Crippen molar-refractivity contribution in [1.82, 2.24) is 4.31 Å². The van der Waals surface area contributed by atoms with Crippen molar-refractivity contribution in [3.05, 3.63) is 29.6 Å². The molecule has 2 atom stereocenters. The predicted octanol–water partition coefficient (Wildman–Crippen LogP) is 0.397. The molecule has 1 heterocycles. The minimum absolute atomic E-state index is 0.00413. The van der Waals surface area contributed by atoms with Gasteiger partial charge in [-0.1, -0.05) is 0 Å². The molecule has 116 valence electrons. The fraction of sp³-hybridized carbons (Fsp3) is 0.462. The molecule has 0 radical (unpaired) electrons. The van der Waals surface area contributed by atoms with Gasteiger partial charge in [-0.2, -0.15) is 4.31 Å². The molecule has 0 bridgehead atoms. The van der Waals surface area contributed by atoms with Crippen LogP contribution >= 0.6 is 0 Å². The Labute approximate surface area is 122 Å². The quantitative estimate of drug-likeness (QED) is 0.874. The fourth-order valence-electron chi connectivity index (χ4n) is 2.42. The zero-order chi connectivity index (χ0) is 15.8. The van der Waals surface area contributed by atoms with E-state index in [1.54, 1.807) is 13.8 Å². The van der Waals surface area contributed by atoms with Crippen molar-refractivity contribution in [1.29, 1.82) is 0 Å². The van der Waals surface area contributed by atoms with Crippen molar-refractivity contribution in [2.75, 3.05) is 13.2 Å². The van der Waals surface area contributed by atoms with Crippen LogP contribution in [0.3, 0.4) is 0 Å². The normalized spacial score (nSPS) is 24.0. The van der Waals surface area contributed by atoms with E-state index in [1.807, 2.05) is 0 Å². The largest absolute Gasteiger partial charge is 0.375 e. The summed E-state index contributed by atoms with van der Waals surface area (Å²) in [6.07, 6.45) is -0.652. The molecule has 1 aliphatic heterocycles. The third-order valence-corrected chi connectivity index (χ3v) is 5.22. The predicted molar refractivity (Wildman–Crippen MR) is 73.4 cm³/mol. The highest BCUT2D eigenvalue weighted by molar-refractivity contribution is 7.89. The zero-order valence-electron chi connectivity index (χ0n) is 11.7. The van der Waals surface area contributed by atoms with Crippen LogP contribution in [0.2, 0.25) is 0 Å². The summed E-state index contributed by atoms with van der Waals surface area (Å²) >= 11 is 0. The van der Waals surface area contributed by atoms with Crippen molar-refractivity contribution in [2.24, 2.45) is 5.73 Å². The number of amides is 1. The standard InChI is InChI=1S/C13H17FN2O4S/c1-8-5-10(14)7-11(6-8)21(18,19)16-3-4-20-9(2)12(16)13(15)17/h5-7,9,12H,3-4H2,1-2H3,(H2,15,17)/t9-,12+/m1/s1. The SMILES string of the molecule is Cc1cc(F)cc(S(=O)(=O)N2CCO[C@H](C)[C@H]2C(N)=O)c1. The van der Waals surface area contributed by atoms with Gasteiger partial charge in [0.1, 0.15) is 11.9 Å². The Morgan fingerprint density at radius 3 is 2.67 bits per heavy atom. The molecule has 6 nitrogen and oxygen atoms in total. The lowest BCUT2D eigenvalue weighted by atomic mass is 10.1. The average molecular weight is 316 g/mol. The van der Waals surface area contributed by atoms with Crippen molar-refractivity contribution < 1.29 is 22.3 Å². The molecule has 2 rings (SSSR count). The first-order chi connectivity index (χ1) is 9.73. The topological polar surface area (TPSA) is 89.7 Å². The number of carbonyl (C=O) groups is 1. The van der Waals surface area contributed by atoms with E-state index in [0.29, 0.717) is 5.56 Å². The molecule has 1 aromatic rings. The van der Waals surface area contributed by atoms with E-state index in [1.165, 1.54) is 12.1 Å². The van der Waals surface area contributed by atoms with Crippen LogP contribution in [-0.2, 0) is 19.6 Å². The van der Waals surface area contributed by atoms with Gasteiger partial charge in [0, 0.05) is 6.54 Å². The lowest BCUT2D eigenvalue weighted by Crippen LogP contribution is -2.58. The van der Waals surface area contributed by atoms with Gasteiger partial charge in [0.2, 0.25) is 15.9 Å². The first-order valence-corrected chi connectivity index (χ1v) is 7.87. The van der Waals surface area contributed by atoms with Gasteiger partial charge < -0.3 is 10.5 Å². The van der Waals surface area contributed by atoms with Crippen molar-refractivity contribution in [2.45, 2.75) is 30.9 Å². The van der Waals surface area contributed by atoms with Gasteiger partial charge in [-0.15, -0.1) is 0 Å². The molecule has 1 amide bonds. The second kappa shape index (κ2) is 5.70. The van der Waals surface area contributed by atoms with Gasteiger partial charge >= 0.3 is 0 Å². The molecule has 0 unspecified atom stereocenters. The van der Waals surface area contributed by atoms with Gasteiger partial charge in [0.05, 0.1) is 17.6 Å². The highest BCUT2D eigenvalue weighted by Crippen LogP contribution is 2.24. The Balaban J connectivity index is 2.48. The molecule has 0 spiro atoms. The molecule has 1 aromatic carbocycles. The van der Waals surface area contributed by atoms with Crippen molar-refractivity contribution in [3.8, 4) is 0 Å². The van der Waals surface area contributed by atoms with E-state index < -0.39 is 33.9 Å². The molecule has 1 saturated heterocycles. The first-order valence-electron chi connectivity index (χ1n) is 6.43. The number of halogens is 1. The third kappa shape index (κ3) is 3.07. The van der Waals surface area contributed by atoms with E-state index in [9.17, 15) is 17.6 Å². The summed E-state index contributed by atoms with van der Waals surface area (Å²) in [5.41, 5.74) is 5.76. The van der Waals surface area contributed by atoms with Crippen molar-refractivity contribution >= 4 is 15.9 Å². The summed E-state index contributed by atoms with van der Waals surface area (Å²) in [7, 11) is -4.02. The van der Waals surface area contributed by atoms with Crippen molar-refractivity contribution in [3.63, 3.8) is 0 Å². The summed E-state index contributed by atoms with van der Waals surface area (Å²) in [5.74, 6) is -1.44. The Bertz CT molecular complexity index is 642. The number of hydrogen-bond acceptors (Lipinski definition) is 4. The van der Waals surface area contributed by atoms with E-state index in [4.69, 9.17) is 10.5 Å². The summed E-state index contributed by atoms with van der Waals surface area (Å²) in [6.45, 7) is 3.32. The fourth-order valence-corrected chi connectivity index (χ4v) is 4.18. The smallest absolute Gasteiger partial charge is 0.244 e. The molecule has 2 N–H and O–H groups in total. The molecule has 0 saturated carbocycles. The number of aryl methyl sites for hydroxylation is 1. The first kappa shape index (κ1) is 15.9. The number of ether oxygens (including phenoxy) is 1. The third-order valence-electron chi connectivity index (χ3n) is 3.36. The number of hydrogen-bond donors (Lipinski definition) is 1. The molecular formula is C13H17FN2O4S. The lowest BCUT2D eigenvalue weighted by Gasteiger charge is -2.36. The lowest BCUT2D eigenvalue weighted by molar-refractivity contribution is -0.130. The second-order valence-corrected chi connectivity index (χ2v) is 6.89. The van der Waals surface area contributed by atoms with E-state index >= 15 is 0 Å². The molecule has 1 fully saturated rings. The second-order valence-electron chi connectivity index (χ2n) is 5.00. The summed E-state index contributed by atoms with van der Waals surface area (Å²) < 4.78 is 45.0. The number of carbonyl (C=O) groups excluding carboxylic acids is 1. The molecular weight excluding hydrogens is 299 g/mol. The molecule has 0 aromatic heterocycles. The Morgan fingerprint density at radius 1 is 1.43 bits per heavy atom. The number of sulfonamides is 1. The van der Waals surface area contributed by atoms with Gasteiger partial charge in [-0.05, 0) is 37.6 Å². The summed E-state index contributed by atoms with van der Waals surface area (Å²) in [5, 5.41) is 0. The number of nitrogens with two attached hydrogens (primary N) is 1. The number of nitrogens with zero attached hydrogens (tertiary/aromatic N) is 1. The maximum Gasteiger partial charge on any atom is 0.244 e. The number of primary amides is 1. The Morgan fingerprint density at radius 2 is 2.10 bits per heavy atom. The minimum atomic E-state index is -4.02. The molecule has 21 heavy (non-hydrogen) atoms. The average Bonchev–Trinajstić information content (AvgIpc) is 2.36. The van der Waals surface area contributed by atoms with Crippen LogP contribution in [0, 0.1) is 12.7 Å². The summed E-state index contributed by atoms with van der Waals surface area (Å²) in [6, 6.07) is 2.41. The van der Waals surface area contributed by atoms with Crippen LogP contribution < -0.4 is 5.73 Å². The number of morpholine rings is 1. The van der Waals surface area contributed by atoms with Crippen LogP contribution in [0.4, 0.5) is 4.39 Å². The Kier molecular flexibility index (Phi) is 4.31. The van der Waals surface area contributed by atoms with Crippen LogP contribution in [0.15, 0.2) is 23.1 Å². The van der Waals surface area contributed by atoms with Crippen LogP contribution in [0.25, 0.3) is 0 Å². The van der Waals surface area contributed by atoms with Gasteiger partial charge in [0.25, 0.3) is 0 Å². The molecule has 0 aliphatic carbocycles. The maximum absolute atomic E-state index is 13.5. The van der Waals surface area contributed by atoms with Crippen LogP contribution in [0.5, 0.6) is 0 Å². The van der Waals surface area contributed by atoms with Crippen LogP contribution in [-0.4, -0.2) is 43.9 Å². The molecule has 1 aliphatic rings. The van der Waals surface area contributed by atoms with E-state index in [-0.39, 0.29) is 18.0 Å². The van der Waals surface area contributed by atoms with Gasteiger partial charge in [-0.3, -0.25) is 4.79 Å².